The largest absolute Gasteiger partial charge is 0.465 e. The van der Waals surface area contributed by atoms with Gasteiger partial charge < -0.3 is 10.1 Å². The molecule has 0 saturated heterocycles. The number of amides is 1. The molecule has 0 fully saturated rings. The molecule has 0 aliphatic carbocycles. The van der Waals surface area contributed by atoms with E-state index in [0.29, 0.717) is 6.07 Å². The summed E-state index contributed by atoms with van der Waals surface area (Å²) in [6, 6.07) is 1.88. The molecule has 122 valence electrons. The molecule has 0 saturated carbocycles. The van der Waals surface area contributed by atoms with Gasteiger partial charge in [-0.15, -0.1) is 11.8 Å². The van der Waals surface area contributed by atoms with Gasteiger partial charge in [-0.3, -0.25) is 9.59 Å². The lowest BCUT2D eigenvalue weighted by atomic mass is 10.2. The van der Waals surface area contributed by atoms with Crippen LogP contribution >= 0.6 is 11.8 Å². The Balaban J connectivity index is 2.96. The number of anilines is 1. The minimum Gasteiger partial charge on any atom is -0.465 e. The lowest BCUT2D eigenvalue weighted by Crippen LogP contribution is -2.19. The molecule has 1 amide bonds. The normalized spacial score (nSPS) is 12.1. The molecule has 7 heteroatoms. The second-order valence-electron chi connectivity index (χ2n) is 4.92. The molecule has 1 unspecified atom stereocenters. The summed E-state index contributed by atoms with van der Waals surface area (Å²) < 4.78 is 32.4. The summed E-state index contributed by atoms with van der Waals surface area (Å²) in [4.78, 5) is 23.3. The fourth-order valence-corrected chi connectivity index (χ4v) is 2.39. The number of ether oxygens (including phenoxy) is 1. The zero-order valence-electron chi connectivity index (χ0n) is 12.9. The molecule has 1 rings (SSSR count). The van der Waals surface area contributed by atoms with Gasteiger partial charge in [0.25, 0.3) is 0 Å². The van der Waals surface area contributed by atoms with Gasteiger partial charge in [-0.1, -0.05) is 13.8 Å². The van der Waals surface area contributed by atoms with Crippen molar-refractivity contribution in [1.82, 2.24) is 0 Å². The Labute approximate surface area is 132 Å². The van der Waals surface area contributed by atoms with Gasteiger partial charge in [-0.2, -0.15) is 0 Å². The zero-order chi connectivity index (χ0) is 16.9. The Morgan fingerprint density at radius 2 is 1.86 bits per heavy atom. The van der Waals surface area contributed by atoms with Crippen LogP contribution in [0.15, 0.2) is 17.0 Å². The zero-order valence-corrected chi connectivity index (χ0v) is 13.7. The highest BCUT2D eigenvalue weighted by Crippen LogP contribution is 2.31. The predicted octanol–water partition coefficient (Wildman–Crippen LogP) is 3.60. The van der Waals surface area contributed by atoms with Crippen LogP contribution in [0.4, 0.5) is 14.5 Å². The highest BCUT2D eigenvalue weighted by atomic mass is 32.2. The van der Waals surface area contributed by atoms with Crippen molar-refractivity contribution in [2.75, 3.05) is 11.9 Å². The second kappa shape index (κ2) is 8.12. The summed E-state index contributed by atoms with van der Waals surface area (Å²) in [5, 5.41) is 1.75. The first-order valence-electron chi connectivity index (χ1n) is 6.89. The lowest BCUT2D eigenvalue weighted by Gasteiger charge is -2.13. The minimum absolute atomic E-state index is 0.0704. The molecule has 1 aromatic rings. The molecule has 1 N–H and O–H groups in total. The van der Waals surface area contributed by atoms with Gasteiger partial charge in [-0.25, -0.2) is 8.78 Å². The Bertz CT molecular complexity index is 564. The van der Waals surface area contributed by atoms with Crippen molar-refractivity contribution in [1.29, 1.82) is 0 Å². The number of rotatable bonds is 6. The van der Waals surface area contributed by atoms with Crippen LogP contribution in [-0.2, 0) is 14.3 Å². The van der Waals surface area contributed by atoms with Gasteiger partial charge in [0, 0.05) is 16.9 Å². The first-order valence-corrected chi connectivity index (χ1v) is 7.77. The van der Waals surface area contributed by atoms with Gasteiger partial charge >= 0.3 is 5.97 Å². The third kappa shape index (κ3) is 4.98. The van der Waals surface area contributed by atoms with Gasteiger partial charge in [0.15, 0.2) is 0 Å². The highest BCUT2D eigenvalue weighted by molar-refractivity contribution is 8.00. The van der Waals surface area contributed by atoms with Crippen molar-refractivity contribution in [2.45, 2.75) is 37.8 Å². The third-order valence-electron chi connectivity index (χ3n) is 2.73. The van der Waals surface area contributed by atoms with E-state index in [1.807, 2.05) is 0 Å². The number of hydrogen-bond donors (Lipinski definition) is 1. The molecule has 0 aromatic heterocycles. The van der Waals surface area contributed by atoms with Crippen LogP contribution in [0, 0.1) is 17.6 Å². The molecular weight excluding hydrogens is 312 g/mol. The van der Waals surface area contributed by atoms with Crippen molar-refractivity contribution < 1.29 is 23.1 Å². The Morgan fingerprint density at radius 1 is 1.23 bits per heavy atom. The van der Waals surface area contributed by atoms with Gasteiger partial charge in [0.1, 0.15) is 16.9 Å². The van der Waals surface area contributed by atoms with E-state index in [0.717, 1.165) is 11.8 Å². The maximum Gasteiger partial charge on any atom is 0.319 e. The number of esters is 1. The van der Waals surface area contributed by atoms with E-state index in [9.17, 15) is 18.4 Å². The lowest BCUT2D eigenvalue weighted by molar-refractivity contribution is -0.142. The summed E-state index contributed by atoms with van der Waals surface area (Å²) in [5.41, 5.74) is -0.112. The number of carbonyl (C=O) groups is 2. The molecule has 4 nitrogen and oxygen atoms in total. The van der Waals surface area contributed by atoms with E-state index < -0.39 is 22.9 Å². The van der Waals surface area contributed by atoms with Crippen LogP contribution in [0.5, 0.6) is 0 Å². The molecule has 1 atom stereocenters. The van der Waals surface area contributed by atoms with Crippen LogP contribution in [0.25, 0.3) is 0 Å². The quantitative estimate of drug-likeness (QED) is 0.639. The van der Waals surface area contributed by atoms with E-state index in [1.54, 1.807) is 27.7 Å². The first kappa shape index (κ1) is 18.4. The van der Waals surface area contributed by atoms with E-state index >= 15 is 0 Å². The third-order valence-corrected chi connectivity index (χ3v) is 3.84. The first-order chi connectivity index (χ1) is 10.3. The Morgan fingerprint density at radius 3 is 2.41 bits per heavy atom. The maximum absolute atomic E-state index is 13.8. The molecule has 0 aliphatic rings. The summed E-state index contributed by atoms with van der Waals surface area (Å²) in [6.45, 7) is 6.79. The molecule has 1 aromatic carbocycles. The van der Waals surface area contributed by atoms with E-state index in [2.05, 4.69) is 5.32 Å². The molecule has 0 aliphatic heterocycles. The van der Waals surface area contributed by atoms with E-state index in [4.69, 9.17) is 4.74 Å². The van der Waals surface area contributed by atoms with Crippen molar-refractivity contribution in [3.8, 4) is 0 Å². The average Bonchev–Trinajstić information content (AvgIpc) is 2.43. The van der Waals surface area contributed by atoms with Crippen LogP contribution in [0.3, 0.4) is 0 Å². The van der Waals surface area contributed by atoms with Crippen LogP contribution in [0.2, 0.25) is 0 Å². The number of hydrogen-bond acceptors (Lipinski definition) is 4. The smallest absolute Gasteiger partial charge is 0.319 e. The van der Waals surface area contributed by atoms with Crippen LogP contribution in [-0.4, -0.2) is 23.7 Å². The monoisotopic (exact) mass is 331 g/mol. The summed E-state index contributed by atoms with van der Waals surface area (Å²) >= 11 is 0.909. The van der Waals surface area contributed by atoms with Gasteiger partial charge in [0.05, 0.1) is 12.3 Å². The number of carbonyl (C=O) groups excluding carboxylic acids is 2. The second-order valence-corrected chi connectivity index (χ2v) is 6.30. The fourth-order valence-electron chi connectivity index (χ4n) is 1.49. The number of nitrogens with one attached hydrogen (secondary N) is 1. The maximum atomic E-state index is 13.8. The molecule has 0 radical (unpaired) electrons. The van der Waals surface area contributed by atoms with Crippen molar-refractivity contribution in [3.63, 3.8) is 0 Å². The Hall–Kier alpha value is -1.63. The SMILES string of the molecule is CCOC(=O)C(C)Sc1cc(NC(=O)C(C)C)c(F)cc1F. The van der Waals surface area contributed by atoms with Crippen molar-refractivity contribution >= 4 is 29.3 Å². The topological polar surface area (TPSA) is 55.4 Å². The molecular formula is C15H19F2NO3S. The fraction of sp³-hybridized carbons (Fsp3) is 0.467. The van der Waals surface area contributed by atoms with Crippen LogP contribution < -0.4 is 5.32 Å². The summed E-state index contributed by atoms with van der Waals surface area (Å²) in [7, 11) is 0. The Kier molecular flexibility index (Phi) is 6.80. The summed E-state index contributed by atoms with van der Waals surface area (Å²) in [6.07, 6.45) is 0. The van der Waals surface area contributed by atoms with Crippen LogP contribution in [0.1, 0.15) is 27.7 Å². The molecule has 22 heavy (non-hydrogen) atoms. The standard InChI is InChI=1S/C15H19F2NO3S/c1-5-21-15(20)9(4)22-13-7-12(10(16)6-11(13)17)18-14(19)8(2)3/h6-9H,5H2,1-4H3,(H,18,19). The van der Waals surface area contributed by atoms with Crippen molar-refractivity contribution in [2.24, 2.45) is 5.92 Å². The number of thioether (sulfide) groups is 1. The highest BCUT2D eigenvalue weighted by Gasteiger charge is 2.20. The van der Waals surface area contributed by atoms with Gasteiger partial charge in [0.2, 0.25) is 5.91 Å². The number of benzene rings is 1. The molecule has 0 heterocycles. The van der Waals surface area contributed by atoms with E-state index in [1.165, 1.54) is 6.07 Å². The number of halogens is 2. The van der Waals surface area contributed by atoms with E-state index in [-0.39, 0.29) is 29.0 Å². The minimum atomic E-state index is -0.861. The predicted molar refractivity (Wildman–Crippen MR) is 81.8 cm³/mol. The molecule has 0 spiro atoms. The van der Waals surface area contributed by atoms with Crippen molar-refractivity contribution in [3.05, 3.63) is 23.8 Å². The molecule has 0 bridgehead atoms. The van der Waals surface area contributed by atoms with Gasteiger partial charge in [-0.05, 0) is 19.9 Å². The average molecular weight is 331 g/mol. The summed E-state index contributed by atoms with van der Waals surface area (Å²) in [5.74, 6) is -2.84.